The molecule has 0 saturated carbocycles. The van der Waals surface area contributed by atoms with E-state index in [0.717, 1.165) is 38.2 Å². The molecular weight excluding hydrogens is 378 g/mol. The molecule has 30 heavy (non-hydrogen) atoms. The molecule has 2 fully saturated rings. The number of amides is 2. The number of aromatic nitrogens is 1. The van der Waals surface area contributed by atoms with Gasteiger partial charge in [-0.2, -0.15) is 0 Å². The lowest BCUT2D eigenvalue weighted by Crippen LogP contribution is -2.40. The van der Waals surface area contributed by atoms with Crippen LogP contribution in [0, 0.1) is 17.8 Å². The molecule has 0 radical (unpaired) electrons. The number of nitrogens with zero attached hydrogens (tertiary/aromatic N) is 3. The molecule has 6 heteroatoms. The third-order valence-electron chi connectivity index (χ3n) is 6.50. The van der Waals surface area contributed by atoms with Crippen LogP contribution in [-0.2, 0) is 4.79 Å². The summed E-state index contributed by atoms with van der Waals surface area (Å²) in [7, 11) is 0. The van der Waals surface area contributed by atoms with Gasteiger partial charge in [-0.3, -0.25) is 14.6 Å². The third kappa shape index (κ3) is 4.64. The van der Waals surface area contributed by atoms with Crippen molar-refractivity contribution in [3.8, 4) is 5.75 Å². The first-order chi connectivity index (χ1) is 14.6. The van der Waals surface area contributed by atoms with Gasteiger partial charge in [0.1, 0.15) is 5.75 Å². The van der Waals surface area contributed by atoms with Gasteiger partial charge in [0.05, 0.1) is 6.61 Å². The molecule has 0 aliphatic carbocycles. The smallest absolute Gasteiger partial charge is 0.253 e. The first kappa shape index (κ1) is 20.4. The van der Waals surface area contributed by atoms with Crippen LogP contribution in [-0.4, -0.2) is 59.4 Å². The van der Waals surface area contributed by atoms with Gasteiger partial charge in [-0.25, -0.2) is 0 Å². The fourth-order valence-corrected chi connectivity index (χ4v) is 4.81. The molecule has 2 aliphatic rings. The van der Waals surface area contributed by atoms with E-state index in [-0.39, 0.29) is 17.7 Å². The Labute approximate surface area is 177 Å². The minimum absolute atomic E-state index is 0.0609. The first-order valence-corrected chi connectivity index (χ1v) is 10.7. The Kier molecular flexibility index (Phi) is 6.31. The highest BCUT2D eigenvalue weighted by Gasteiger charge is 2.41. The standard InChI is InChI=1S/C24H29N3O3/c1-18(28)26-13-9-19(10-14-26)23-16-27(24(29)20-7-11-25-12-8-20)15-21(23)17-30-22-5-3-2-4-6-22/h2-8,11-12,19,21,23H,9-10,13-17H2,1H3/t21-,23-/m0/s1. The Morgan fingerprint density at radius 1 is 1.00 bits per heavy atom. The monoisotopic (exact) mass is 407 g/mol. The van der Waals surface area contributed by atoms with Crippen molar-refractivity contribution >= 4 is 11.8 Å². The maximum absolute atomic E-state index is 13.0. The van der Waals surface area contributed by atoms with Gasteiger partial charge in [0.15, 0.2) is 0 Å². The highest BCUT2D eigenvalue weighted by molar-refractivity contribution is 5.94. The zero-order valence-corrected chi connectivity index (χ0v) is 17.4. The van der Waals surface area contributed by atoms with Gasteiger partial charge in [0.2, 0.25) is 5.91 Å². The fraction of sp³-hybridized carbons (Fsp3) is 0.458. The van der Waals surface area contributed by atoms with Gasteiger partial charge in [-0.1, -0.05) is 18.2 Å². The summed E-state index contributed by atoms with van der Waals surface area (Å²) in [6, 6.07) is 13.4. The van der Waals surface area contributed by atoms with E-state index in [1.165, 1.54) is 0 Å². The lowest BCUT2D eigenvalue weighted by atomic mass is 9.78. The molecule has 2 amide bonds. The summed E-state index contributed by atoms with van der Waals surface area (Å²) in [6.07, 6.45) is 5.30. The number of ether oxygens (including phenoxy) is 1. The van der Waals surface area contributed by atoms with Gasteiger partial charge in [0.25, 0.3) is 5.91 Å². The number of hydrogen-bond acceptors (Lipinski definition) is 4. The molecule has 158 valence electrons. The quantitative estimate of drug-likeness (QED) is 0.764. The fourth-order valence-electron chi connectivity index (χ4n) is 4.81. The molecule has 4 rings (SSSR count). The van der Waals surface area contributed by atoms with E-state index >= 15 is 0 Å². The molecule has 0 spiro atoms. The number of likely N-dealkylation sites (tertiary alicyclic amines) is 2. The minimum atomic E-state index is 0.0609. The second kappa shape index (κ2) is 9.28. The van der Waals surface area contributed by atoms with Crippen molar-refractivity contribution in [3.05, 3.63) is 60.4 Å². The summed E-state index contributed by atoms with van der Waals surface area (Å²) in [5, 5.41) is 0. The summed E-state index contributed by atoms with van der Waals surface area (Å²) >= 11 is 0. The average molecular weight is 408 g/mol. The second-order valence-electron chi connectivity index (χ2n) is 8.34. The first-order valence-electron chi connectivity index (χ1n) is 10.7. The molecule has 2 aromatic rings. The Morgan fingerprint density at radius 2 is 1.70 bits per heavy atom. The van der Waals surface area contributed by atoms with Crippen molar-refractivity contribution < 1.29 is 14.3 Å². The van der Waals surface area contributed by atoms with Crippen molar-refractivity contribution in [2.75, 3.05) is 32.8 Å². The van der Waals surface area contributed by atoms with Crippen LogP contribution in [0.25, 0.3) is 0 Å². The normalized spacial score (nSPS) is 22.2. The number of carbonyl (C=O) groups is 2. The van der Waals surface area contributed by atoms with E-state index in [0.29, 0.717) is 30.6 Å². The third-order valence-corrected chi connectivity index (χ3v) is 6.50. The topological polar surface area (TPSA) is 62.7 Å². The van der Waals surface area contributed by atoms with Crippen molar-refractivity contribution in [1.29, 1.82) is 0 Å². The predicted octanol–water partition coefficient (Wildman–Crippen LogP) is 3.11. The largest absolute Gasteiger partial charge is 0.493 e. The number of pyridine rings is 1. The van der Waals surface area contributed by atoms with E-state index < -0.39 is 0 Å². The molecule has 2 saturated heterocycles. The molecule has 1 aromatic heterocycles. The summed E-state index contributed by atoms with van der Waals surface area (Å²) in [4.78, 5) is 32.7. The molecule has 6 nitrogen and oxygen atoms in total. The number of para-hydroxylation sites is 1. The number of hydrogen-bond donors (Lipinski definition) is 0. The van der Waals surface area contributed by atoms with Crippen LogP contribution in [0.15, 0.2) is 54.9 Å². The van der Waals surface area contributed by atoms with Crippen molar-refractivity contribution in [2.45, 2.75) is 19.8 Å². The zero-order valence-electron chi connectivity index (χ0n) is 17.4. The molecule has 2 aliphatic heterocycles. The Bertz CT molecular complexity index is 851. The van der Waals surface area contributed by atoms with E-state index in [9.17, 15) is 9.59 Å². The van der Waals surface area contributed by atoms with Crippen LogP contribution in [0.3, 0.4) is 0 Å². The summed E-state index contributed by atoms with van der Waals surface area (Å²) in [6.45, 7) is 5.30. The Morgan fingerprint density at radius 3 is 2.37 bits per heavy atom. The molecule has 1 aromatic carbocycles. The van der Waals surface area contributed by atoms with Crippen molar-refractivity contribution in [1.82, 2.24) is 14.8 Å². The molecule has 0 bridgehead atoms. The Balaban J connectivity index is 1.46. The summed E-state index contributed by atoms with van der Waals surface area (Å²) < 4.78 is 6.09. The zero-order chi connectivity index (χ0) is 20.9. The van der Waals surface area contributed by atoms with E-state index in [2.05, 4.69) is 4.98 Å². The van der Waals surface area contributed by atoms with Crippen LogP contribution >= 0.6 is 0 Å². The van der Waals surface area contributed by atoms with Gasteiger partial charge in [-0.15, -0.1) is 0 Å². The van der Waals surface area contributed by atoms with Crippen molar-refractivity contribution in [3.63, 3.8) is 0 Å². The second-order valence-corrected chi connectivity index (χ2v) is 8.34. The number of carbonyl (C=O) groups excluding carboxylic acids is 2. The van der Waals surface area contributed by atoms with Gasteiger partial charge in [0, 0.05) is 57.0 Å². The molecular formula is C24H29N3O3. The number of rotatable bonds is 5. The van der Waals surface area contributed by atoms with Crippen LogP contribution in [0.1, 0.15) is 30.1 Å². The SMILES string of the molecule is CC(=O)N1CCC([C@@H]2CN(C(=O)c3ccncc3)C[C@H]2COc2ccccc2)CC1. The molecule has 2 atom stereocenters. The van der Waals surface area contributed by atoms with Crippen LogP contribution in [0.5, 0.6) is 5.75 Å². The van der Waals surface area contributed by atoms with E-state index in [1.54, 1.807) is 31.5 Å². The molecule has 0 N–H and O–H groups in total. The highest BCUT2D eigenvalue weighted by atomic mass is 16.5. The lowest BCUT2D eigenvalue weighted by molar-refractivity contribution is -0.130. The predicted molar refractivity (Wildman–Crippen MR) is 114 cm³/mol. The van der Waals surface area contributed by atoms with Gasteiger partial charge in [-0.05, 0) is 48.9 Å². The molecule has 3 heterocycles. The van der Waals surface area contributed by atoms with Crippen LogP contribution in [0.4, 0.5) is 0 Å². The van der Waals surface area contributed by atoms with E-state index in [1.807, 2.05) is 40.1 Å². The summed E-state index contributed by atoms with van der Waals surface area (Å²) in [5.41, 5.74) is 0.680. The maximum Gasteiger partial charge on any atom is 0.253 e. The van der Waals surface area contributed by atoms with Gasteiger partial charge < -0.3 is 14.5 Å². The molecule has 0 unspecified atom stereocenters. The Hall–Kier alpha value is -2.89. The van der Waals surface area contributed by atoms with Crippen LogP contribution < -0.4 is 4.74 Å². The lowest BCUT2D eigenvalue weighted by Gasteiger charge is -2.36. The minimum Gasteiger partial charge on any atom is -0.493 e. The van der Waals surface area contributed by atoms with E-state index in [4.69, 9.17) is 4.74 Å². The number of benzene rings is 1. The maximum atomic E-state index is 13.0. The average Bonchev–Trinajstić information content (AvgIpc) is 3.23. The van der Waals surface area contributed by atoms with Gasteiger partial charge >= 0.3 is 0 Å². The van der Waals surface area contributed by atoms with Crippen molar-refractivity contribution in [2.24, 2.45) is 17.8 Å². The van der Waals surface area contributed by atoms with Crippen LogP contribution in [0.2, 0.25) is 0 Å². The number of piperidine rings is 1. The summed E-state index contributed by atoms with van der Waals surface area (Å²) in [5.74, 6) is 2.24. The highest BCUT2D eigenvalue weighted by Crippen LogP contribution is 2.36.